The number of para-hydroxylation sites is 1. The number of halogens is 1. The Balaban J connectivity index is 1.54. The predicted octanol–water partition coefficient (Wildman–Crippen LogP) is 1.24. The summed E-state index contributed by atoms with van der Waals surface area (Å²) in [6.45, 7) is 4.25. The maximum absolute atomic E-state index is 12.6. The van der Waals surface area contributed by atoms with E-state index in [0.717, 1.165) is 27.5 Å². The number of quaternary nitrogens is 1. The molecule has 9 heteroatoms. The van der Waals surface area contributed by atoms with Crippen LogP contribution in [0.2, 0.25) is 4.34 Å². The van der Waals surface area contributed by atoms with Gasteiger partial charge in [-0.3, -0.25) is 4.79 Å². The molecule has 1 fully saturated rings. The van der Waals surface area contributed by atoms with Crippen LogP contribution in [-0.2, 0) is 14.8 Å². The molecule has 0 unspecified atom stereocenters. The number of nitrogens with zero attached hydrogens (tertiary/aromatic N) is 1. The SMILES string of the molecule is Cc1ccccc1NC(=O)C[NH+]1CCN(S(=O)(=O)c2ccc(Cl)s2)CC1. The molecule has 6 nitrogen and oxygen atoms in total. The minimum absolute atomic E-state index is 0.0596. The molecule has 26 heavy (non-hydrogen) atoms. The van der Waals surface area contributed by atoms with Crippen molar-refractivity contribution < 1.29 is 18.1 Å². The lowest BCUT2D eigenvalue weighted by atomic mass is 10.2. The smallest absolute Gasteiger partial charge is 0.279 e. The van der Waals surface area contributed by atoms with Crippen molar-refractivity contribution >= 4 is 44.6 Å². The quantitative estimate of drug-likeness (QED) is 0.773. The highest BCUT2D eigenvalue weighted by Gasteiger charge is 2.32. The van der Waals surface area contributed by atoms with Crippen molar-refractivity contribution in [2.24, 2.45) is 0 Å². The Kier molecular flexibility index (Phi) is 5.99. The topological polar surface area (TPSA) is 70.9 Å². The van der Waals surface area contributed by atoms with Gasteiger partial charge in [0.1, 0.15) is 4.21 Å². The number of hydrogen-bond donors (Lipinski definition) is 2. The molecule has 3 rings (SSSR count). The molecule has 1 amide bonds. The zero-order valence-corrected chi connectivity index (χ0v) is 16.8. The molecule has 0 aliphatic carbocycles. The number of piperazine rings is 1. The van der Waals surface area contributed by atoms with Crippen molar-refractivity contribution in [1.29, 1.82) is 0 Å². The molecule has 1 saturated heterocycles. The summed E-state index contributed by atoms with van der Waals surface area (Å²) in [5, 5.41) is 2.92. The first-order chi connectivity index (χ1) is 12.4. The molecule has 0 saturated carbocycles. The molecule has 0 atom stereocenters. The summed E-state index contributed by atoms with van der Waals surface area (Å²) >= 11 is 6.92. The van der Waals surface area contributed by atoms with Crippen molar-refractivity contribution in [3.63, 3.8) is 0 Å². The van der Waals surface area contributed by atoms with Crippen molar-refractivity contribution in [1.82, 2.24) is 4.31 Å². The summed E-state index contributed by atoms with van der Waals surface area (Å²) in [7, 11) is -3.49. The molecule has 1 aliphatic rings. The third-order valence-corrected chi connectivity index (χ3v) is 8.00. The molecule has 140 valence electrons. The number of aryl methyl sites for hydroxylation is 1. The average Bonchev–Trinajstić information content (AvgIpc) is 3.05. The molecular formula is C17H21ClN3O3S2+. The van der Waals surface area contributed by atoms with Crippen LogP contribution in [0.25, 0.3) is 0 Å². The highest BCUT2D eigenvalue weighted by molar-refractivity contribution is 7.91. The lowest BCUT2D eigenvalue weighted by molar-refractivity contribution is -0.895. The Morgan fingerprint density at radius 2 is 1.92 bits per heavy atom. The van der Waals surface area contributed by atoms with E-state index in [0.29, 0.717) is 37.1 Å². The van der Waals surface area contributed by atoms with E-state index in [1.807, 2.05) is 31.2 Å². The van der Waals surface area contributed by atoms with Crippen LogP contribution < -0.4 is 10.2 Å². The Morgan fingerprint density at radius 1 is 1.23 bits per heavy atom. The van der Waals surface area contributed by atoms with Gasteiger partial charge in [-0.05, 0) is 30.7 Å². The number of carbonyl (C=O) groups excluding carboxylic acids is 1. The summed E-state index contributed by atoms with van der Waals surface area (Å²) in [6, 6.07) is 10.8. The predicted molar refractivity (Wildman–Crippen MR) is 103 cm³/mol. The maximum atomic E-state index is 12.6. The van der Waals surface area contributed by atoms with Gasteiger partial charge >= 0.3 is 0 Å². The first-order valence-corrected chi connectivity index (χ1v) is 10.9. The zero-order valence-electron chi connectivity index (χ0n) is 14.4. The average molecular weight is 415 g/mol. The lowest BCUT2D eigenvalue weighted by Crippen LogP contribution is -3.15. The molecule has 2 aromatic rings. The Hall–Kier alpha value is -1.45. The minimum atomic E-state index is -3.49. The number of anilines is 1. The highest BCUT2D eigenvalue weighted by Crippen LogP contribution is 2.28. The fourth-order valence-electron chi connectivity index (χ4n) is 2.92. The van der Waals surface area contributed by atoms with Crippen LogP contribution in [0.3, 0.4) is 0 Å². The van der Waals surface area contributed by atoms with Gasteiger partial charge in [0.05, 0.1) is 30.5 Å². The van der Waals surface area contributed by atoms with E-state index in [9.17, 15) is 13.2 Å². The highest BCUT2D eigenvalue weighted by atomic mass is 35.5. The minimum Gasteiger partial charge on any atom is -0.325 e. The number of rotatable bonds is 5. The van der Waals surface area contributed by atoms with Gasteiger partial charge in [-0.2, -0.15) is 4.31 Å². The summed E-state index contributed by atoms with van der Waals surface area (Å²) in [5.74, 6) is -0.0596. The van der Waals surface area contributed by atoms with Crippen LogP contribution in [0.5, 0.6) is 0 Å². The maximum Gasteiger partial charge on any atom is 0.279 e. The summed E-state index contributed by atoms with van der Waals surface area (Å²) in [6.07, 6.45) is 0. The second-order valence-electron chi connectivity index (χ2n) is 6.25. The monoisotopic (exact) mass is 414 g/mol. The number of carbonyl (C=O) groups is 1. The Bertz CT molecular complexity index is 890. The van der Waals surface area contributed by atoms with Gasteiger partial charge in [0.15, 0.2) is 6.54 Å². The molecular weight excluding hydrogens is 394 g/mol. The third kappa shape index (κ3) is 4.44. The van der Waals surface area contributed by atoms with Gasteiger partial charge in [-0.15, -0.1) is 11.3 Å². The molecule has 0 bridgehead atoms. The fraction of sp³-hybridized carbons (Fsp3) is 0.353. The van der Waals surface area contributed by atoms with Crippen LogP contribution in [-0.4, -0.2) is 51.4 Å². The molecule has 2 heterocycles. The van der Waals surface area contributed by atoms with Crippen LogP contribution in [0.1, 0.15) is 5.56 Å². The van der Waals surface area contributed by atoms with Crippen LogP contribution >= 0.6 is 22.9 Å². The van der Waals surface area contributed by atoms with Crippen molar-refractivity contribution in [3.05, 3.63) is 46.3 Å². The normalized spacial score (nSPS) is 16.5. The van der Waals surface area contributed by atoms with E-state index < -0.39 is 10.0 Å². The van der Waals surface area contributed by atoms with Gasteiger partial charge in [0.25, 0.3) is 15.9 Å². The number of sulfonamides is 1. The van der Waals surface area contributed by atoms with Crippen LogP contribution in [0, 0.1) is 6.92 Å². The van der Waals surface area contributed by atoms with E-state index in [4.69, 9.17) is 11.6 Å². The second-order valence-corrected chi connectivity index (χ2v) is 10.1. The second kappa shape index (κ2) is 8.06. The summed E-state index contributed by atoms with van der Waals surface area (Å²) in [5.41, 5.74) is 1.83. The third-order valence-electron chi connectivity index (χ3n) is 4.40. The summed E-state index contributed by atoms with van der Waals surface area (Å²) < 4.78 is 27.4. The number of thiophene rings is 1. The molecule has 1 aliphatic heterocycles. The summed E-state index contributed by atoms with van der Waals surface area (Å²) in [4.78, 5) is 13.3. The van der Waals surface area contributed by atoms with Crippen molar-refractivity contribution in [2.45, 2.75) is 11.1 Å². The lowest BCUT2D eigenvalue weighted by Gasteiger charge is -2.30. The Morgan fingerprint density at radius 3 is 2.54 bits per heavy atom. The molecule has 1 aromatic carbocycles. The Labute approximate surface area is 162 Å². The van der Waals surface area contributed by atoms with Crippen molar-refractivity contribution in [3.8, 4) is 0 Å². The molecule has 2 N–H and O–H groups in total. The van der Waals surface area contributed by atoms with Gasteiger partial charge in [-0.1, -0.05) is 29.8 Å². The van der Waals surface area contributed by atoms with Gasteiger partial charge in [0.2, 0.25) is 0 Å². The van der Waals surface area contributed by atoms with Crippen LogP contribution in [0.15, 0.2) is 40.6 Å². The van der Waals surface area contributed by atoms with Gasteiger partial charge < -0.3 is 10.2 Å². The van der Waals surface area contributed by atoms with E-state index in [1.54, 1.807) is 6.07 Å². The standard InChI is InChI=1S/C17H20ClN3O3S2/c1-13-4-2-3-5-14(13)19-16(22)12-20-8-10-21(11-9-20)26(23,24)17-7-6-15(18)25-17/h2-7H,8-12H2,1H3,(H,19,22)/p+1. The van der Waals surface area contributed by atoms with E-state index in [-0.39, 0.29) is 10.1 Å². The molecule has 0 radical (unpaired) electrons. The number of amides is 1. The molecule has 0 spiro atoms. The number of benzene rings is 1. The fourth-order valence-corrected chi connectivity index (χ4v) is 6.00. The van der Waals surface area contributed by atoms with Crippen LogP contribution in [0.4, 0.5) is 5.69 Å². The zero-order chi connectivity index (χ0) is 18.7. The number of nitrogens with one attached hydrogen (secondary N) is 2. The van der Waals surface area contributed by atoms with E-state index in [2.05, 4.69) is 5.32 Å². The largest absolute Gasteiger partial charge is 0.325 e. The first-order valence-electron chi connectivity index (χ1n) is 8.31. The van der Waals surface area contributed by atoms with Crippen molar-refractivity contribution in [2.75, 3.05) is 38.0 Å². The van der Waals surface area contributed by atoms with Gasteiger partial charge in [0, 0.05) is 5.69 Å². The van der Waals surface area contributed by atoms with E-state index in [1.165, 1.54) is 10.4 Å². The first kappa shape index (κ1) is 19.3. The molecule has 1 aromatic heterocycles. The van der Waals surface area contributed by atoms with E-state index >= 15 is 0 Å². The van der Waals surface area contributed by atoms with Gasteiger partial charge in [-0.25, -0.2) is 8.42 Å². The number of hydrogen-bond acceptors (Lipinski definition) is 4.